The Bertz CT molecular complexity index is 2080. The second-order valence-corrected chi connectivity index (χ2v) is 20.0. The molecule has 11 nitrogen and oxygen atoms in total. The number of carbonyl (C=O) groups is 4. The SMILES string of the molecule is CC(C)(C)C(Nc1ccc(F)c(C(F)(F)F)c1)C(=O)N1C[C@H](OC(=O)C2Cc3cccc(Cl)c3C2)C[C@H]1C(=O)NC1(C(=O)NS(=O)(=O)C2(C)CC2)C[C@H]1C1CC1. The summed E-state index contributed by atoms with van der Waals surface area (Å²) in [6, 6.07) is 5.09. The summed E-state index contributed by atoms with van der Waals surface area (Å²) >= 11 is 6.37. The first kappa shape index (κ1) is 40.3. The predicted molar refractivity (Wildman–Crippen MR) is 197 cm³/mol. The molecule has 4 aliphatic carbocycles. The number of benzene rings is 2. The Morgan fingerprint density at radius 2 is 1.73 bits per heavy atom. The molecule has 0 bridgehead atoms. The zero-order chi connectivity index (χ0) is 40.7. The van der Waals surface area contributed by atoms with Gasteiger partial charge in [0.15, 0.2) is 0 Å². The lowest BCUT2D eigenvalue weighted by molar-refractivity contribution is -0.154. The van der Waals surface area contributed by atoms with E-state index in [0.29, 0.717) is 42.8 Å². The number of fused-ring (bicyclic) bond motifs is 1. The topological polar surface area (TPSA) is 151 Å². The smallest absolute Gasteiger partial charge is 0.419 e. The van der Waals surface area contributed by atoms with E-state index >= 15 is 0 Å². The number of nitrogens with one attached hydrogen (secondary N) is 3. The molecule has 3 N–H and O–H groups in total. The Balaban J connectivity index is 1.16. The van der Waals surface area contributed by atoms with Gasteiger partial charge in [0.1, 0.15) is 29.5 Å². The molecule has 1 heterocycles. The van der Waals surface area contributed by atoms with E-state index < -0.39 is 91.1 Å². The van der Waals surface area contributed by atoms with E-state index in [1.54, 1.807) is 32.9 Å². The zero-order valence-corrected chi connectivity index (χ0v) is 33.0. The molecule has 0 aromatic heterocycles. The molecule has 0 radical (unpaired) electrons. The molecular weight excluding hydrogens is 780 g/mol. The maximum absolute atomic E-state index is 14.6. The summed E-state index contributed by atoms with van der Waals surface area (Å²) in [5.74, 6) is -5.17. The fourth-order valence-corrected chi connectivity index (χ4v) is 9.71. The minimum atomic E-state index is -5.01. The molecule has 1 saturated heterocycles. The summed E-state index contributed by atoms with van der Waals surface area (Å²) in [5, 5.41) is 6.16. The van der Waals surface area contributed by atoms with Gasteiger partial charge in [0.25, 0.3) is 5.91 Å². The van der Waals surface area contributed by atoms with Gasteiger partial charge in [0.05, 0.1) is 22.8 Å². The third kappa shape index (κ3) is 7.71. The summed E-state index contributed by atoms with van der Waals surface area (Å²) in [6.45, 7) is 6.26. The van der Waals surface area contributed by atoms with Crippen molar-refractivity contribution < 1.29 is 49.9 Å². The molecule has 0 spiro atoms. The number of alkyl halides is 3. The zero-order valence-electron chi connectivity index (χ0n) is 31.4. The van der Waals surface area contributed by atoms with Crippen LogP contribution in [0.3, 0.4) is 0 Å². The molecule has 4 fully saturated rings. The van der Waals surface area contributed by atoms with Crippen molar-refractivity contribution in [2.24, 2.45) is 23.2 Å². The second kappa shape index (κ2) is 13.9. The monoisotopic (exact) mass is 824 g/mol. The Labute approximate surface area is 327 Å². The third-order valence-electron chi connectivity index (χ3n) is 12.1. The van der Waals surface area contributed by atoms with Gasteiger partial charge >= 0.3 is 12.1 Å². The Kier molecular flexibility index (Phi) is 9.98. The van der Waals surface area contributed by atoms with Gasteiger partial charge < -0.3 is 20.3 Å². The summed E-state index contributed by atoms with van der Waals surface area (Å²) in [6.07, 6.45) is -2.86. The standard InChI is InChI=1S/C39H45ClF4N4O7S/c1-36(2,3)31(45-23-10-11-29(41)26(16-23)39(42,43)44)33(50)48-19-24(55-34(51)22-14-21-6-5-7-28(40)25(21)15-22)17-30(48)32(49)46-38(18-27(38)20-8-9-20)35(52)47-56(53,54)37(4)12-13-37/h5-7,10-11,16,20,22,24,27,30-31,45H,8-9,12-15,17-19H2,1-4H3,(H,46,49)(H,47,52)/t22?,24-,27+,30+,31?,38?/m1/s1. The van der Waals surface area contributed by atoms with Crippen molar-refractivity contribution in [2.45, 2.75) is 114 Å². The third-order valence-corrected chi connectivity index (χ3v) is 14.6. The van der Waals surface area contributed by atoms with Crippen LogP contribution in [0.2, 0.25) is 5.02 Å². The maximum Gasteiger partial charge on any atom is 0.419 e. The van der Waals surface area contributed by atoms with E-state index in [0.717, 1.165) is 30.0 Å². The van der Waals surface area contributed by atoms with Crippen LogP contribution in [0.25, 0.3) is 0 Å². The number of esters is 1. The highest BCUT2D eigenvalue weighted by atomic mass is 35.5. The van der Waals surface area contributed by atoms with Gasteiger partial charge in [-0.15, -0.1) is 0 Å². The van der Waals surface area contributed by atoms with E-state index in [1.807, 2.05) is 6.07 Å². The van der Waals surface area contributed by atoms with Gasteiger partial charge in [0.2, 0.25) is 21.8 Å². The lowest BCUT2D eigenvalue weighted by Crippen LogP contribution is -2.59. The van der Waals surface area contributed by atoms with Gasteiger partial charge in [0, 0.05) is 17.1 Å². The van der Waals surface area contributed by atoms with Crippen LogP contribution < -0.4 is 15.4 Å². The van der Waals surface area contributed by atoms with Crippen molar-refractivity contribution in [1.82, 2.24) is 14.9 Å². The first-order valence-electron chi connectivity index (χ1n) is 18.8. The number of anilines is 1. The number of rotatable bonds is 11. The fraction of sp³-hybridized carbons (Fsp3) is 0.590. The molecule has 56 heavy (non-hydrogen) atoms. The summed E-state index contributed by atoms with van der Waals surface area (Å²) in [5.41, 5.74) is -2.51. The van der Waals surface area contributed by atoms with Gasteiger partial charge in [-0.25, -0.2) is 12.8 Å². The fourth-order valence-electron chi connectivity index (χ4n) is 8.12. The van der Waals surface area contributed by atoms with Gasteiger partial charge in [-0.05, 0) is 105 Å². The van der Waals surface area contributed by atoms with Crippen LogP contribution in [-0.4, -0.2) is 72.0 Å². The average Bonchev–Trinajstić information content (AvgIpc) is 4.06. The largest absolute Gasteiger partial charge is 0.460 e. The van der Waals surface area contributed by atoms with Crippen molar-refractivity contribution in [3.8, 4) is 0 Å². The molecule has 3 amide bonds. The molecule has 17 heteroatoms. The van der Waals surface area contributed by atoms with Crippen LogP contribution in [0.5, 0.6) is 0 Å². The van der Waals surface area contributed by atoms with Gasteiger partial charge in [-0.2, -0.15) is 13.2 Å². The summed E-state index contributed by atoms with van der Waals surface area (Å²) in [4.78, 5) is 57.6. The predicted octanol–water partition coefficient (Wildman–Crippen LogP) is 5.54. The average molecular weight is 825 g/mol. The molecular formula is C39H45ClF4N4O7S. The van der Waals surface area contributed by atoms with Crippen LogP contribution in [0.15, 0.2) is 36.4 Å². The number of hydrogen-bond acceptors (Lipinski definition) is 8. The number of amides is 3. The highest BCUT2D eigenvalue weighted by Gasteiger charge is 2.67. The summed E-state index contributed by atoms with van der Waals surface area (Å²) in [7, 11) is -4.05. The van der Waals surface area contributed by atoms with Crippen molar-refractivity contribution in [3.63, 3.8) is 0 Å². The van der Waals surface area contributed by atoms with Crippen molar-refractivity contribution in [2.75, 3.05) is 11.9 Å². The normalized spacial score (nSPS) is 27.2. The van der Waals surface area contributed by atoms with E-state index in [9.17, 15) is 45.2 Å². The minimum absolute atomic E-state index is 0.103. The van der Waals surface area contributed by atoms with Gasteiger partial charge in [-0.1, -0.05) is 44.5 Å². The number of carbonyl (C=O) groups excluding carboxylic acids is 4. The van der Waals surface area contributed by atoms with E-state index in [-0.39, 0.29) is 36.9 Å². The minimum Gasteiger partial charge on any atom is -0.460 e. The first-order chi connectivity index (χ1) is 26.0. The number of nitrogens with zero attached hydrogens (tertiary/aromatic N) is 1. The van der Waals surface area contributed by atoms with Gasteiger partial charge in [-0.3, -0.25) is 23.9 Å². The van der Waals surface area contributed by atoms with Crippen LogP contribution in [0, 0.1) is 29.0 Å². The van der Waals surface area contributed by atoms with E-state index in [4.69, 9.17) is 16.3 Å². The molecule has 3 unspecified atom stereocenters. The lowest BCUT2D eigenvalue weighted by atomic mass is 9.85. The van der Waals surface area contributed by atoms with E-state index in [1.165, 1.54) is 11.8 Å². The van der Waals surface area contributed by atoms with Crippen molar-refractivity contribution >= 4 is 51.0 Å². The Morgan fingerprint density at radius 3 is 2.34 bits per heavy atom. The number of halogens is 5. The van der Waals surface area contributed by atoms with Crippen molar-refractivity contribution in [3.05, 3.63) is 63.9 Å². The number of sulfonamides is 1. The first-order valence-corrected chi connectivity index (χ1v) is 20.7. The number of hydrogen-bond donors (Lipinski definition) is 3. The Hall–Kier alpha value is -3.92. The Morgan fingerprint density at radius 1 is 1.04 bits per heavy atom. The van der Waals surface area contributed by atoms with Crippen LogP contribution in [0.4, 0.5) is 23.2 Å². The van der Waals surface area contributed by atoms with Crippen LogP contribution in [-0.2, 0) is 53.0 Å². The lowest BCUT2D eigenvalue weighted by Gasteiger charge is -2.36. The molecule has 2 aromatic carbocycles. The van der Waals surface area contributed by atoms with E-state index in [2.05, 4.69) is 15.4 Å². The molecule has 304 valence electrons. The maximum atomic E-state index is 14.6. The molecule has 6 atom stereocenters. The highest BCUT2D eigenvalue weighted by molar-refractivity contribution is 7.91. The number of ether oxygens (including phenoxy) is 1. The van der Waals surface area contributed by atoms with Crippen molar-refractivity contribution in [1.29, 1.82) is 0 Å². The second-order valence-electron chi connectivity index (χ2n) is 17.4. The molecule has 3 saturated carbocycles. The van der Waals surface area contributed by atoms with Crippen LogP contribution >= 0.6 is 11.6 Å². The quantitative estimate of drug-likeness (QED) is 0.198. The number of likely N-dealkylation sites (tertiary alicyclic amines) is 1. The summed E-state index contributed by atoms with van der Waals surface area (Å²) < 4.78 is 88.3. The van der Waals surface area contributed by atoms with Crippen LogP contribution in [0.1, 0.15) is 82.9 Å². The molecule has 5 aliphatic rings. The molecule has 2 aromatic rings. The molecule has 7 rings (SSSR count). The highest BCUT2D eigenvalue weighted by Crippen LogP contribution is 2.57. The molecule has 1 aliphatic heterocycles.